The molecule has 0 saturated carbocycles. The van der Waals surface area contributed by atoms with E-state index < -0.39 is 5.41 Å². The molecule has 0 atom stereocenters. The molecule has 258 valence electrons. The van der Waals surface area contributed by atoms with Gasteiger partial charge in [-0.3, -0.25) is 0 Å². The lowest BCUT2D eigenvalue weighted by Crippen LogP contribution is -2.26. The summed E-state index contributed by atoms with van der Waals surface area (Å²) >= 11 is 0. The Balaban J connectivity index is 1.16. The first kappa shape index (κ1) is 30.7. The number of fused-ring (bicyclic) bond motifs is 16. The first-order chi connectivity index (χ1) is 27.0. The van der Waals surface area contributed by atoms with Crippen LogP contribution in [0.5, 0.6) is 0 Å². The van der Waals surface area contributed by atoms with Crippen molar-refractivity contribution in [2.75, 3.05) is 4.90 Å². The van der Waals surface area contributed by atoms with E-state index in [4.69, 9.17) is 0 Å². The molecule has 0 fully saturated rings. The van der Waals surface area contributed by atoms with Gasteiger partial charge >= 0.3 is 0 Å². The molecule has 0 amide bonds. The second-order valence-corrected chi connectivity index (χ2v) is 16.0. The van der Waals surface area contributed by atoms with Crippen LogP contribution in [0.25, 0.3) is 54.9 Å². The summed E-state index contributed by atoms with van der Waals surface area (Å²) in [6, 6.07) is 70.8. The van der Waals surface area contributed by atoms with Gasteiger partial charge in [0.2, 0.25) is 0 Å². The van der Waals surface area contributed by atoms with Crippen molar-refractivity contribution in [3.05, 3.63) is 221 Å². The highest BCUT2D eigenvalue weighted by molar-refractivity contribution is 6.07. The summed E-state index contributed by atoms with van der Waals surface area (Å²) < 4.78 is 0. The zero-order valence-electron chi connectivity index (χ0n) is 30.8. The fourth-order valence-corrected chi connectivity index (χ4v) is 10.6. The van der Waals surface area contributed by atoms with Crippen LogP contribution in [0.15, 0.2) is 188 Å². The number of rotatable bonds is 3. The summed E-state index contributed by atoms with van der Waals surface area (Å²) in [5.74, 6) is 0. The third-order valence-electron chi connectivity index (χ3n) is 13.0. The van der Waals surface area contributed by atoms with Crippen LogP contribution < -0.4 is 4.90 Å². The summed E-state index contributed by atoms with van der Waals surface area (Å²) in [4.78, 5) is 2.49. The fraction of sp³-hybridized carbons (Fsp3) is 0.0741. The van der Waals surface area contributed by atoms with Crippen molar-refractivity contribution in [3.63, 3.8) is 0 Å². The van der Waals surface area contributed by atoms with E-state index in [1.807, 2.05) is 0 Å². The lowest BCUT2D eigenvalue weighted by Gasteiger charge is -2.32. The molecule has 1 heteroatoms. The van der Waals surface area contributed by atoms with E-state index in [-0.39, 0.29) is 5.41 Å². The summed E-state index contributed by atoms with van der Waals surface area (Å²) in [5, 5.41) is 5.05. The van der Waals surface area contributed by atoms with E-state index in [2.05, 4.69) is 207 Å². The van der Waals surface area contributed by atoms with Gasteiger partial charge < -0.3 is 4.90 Å². The third kappa shape index (κ3) is 3.97. The van der Waals surface area contributed by atoms with Gasteiger partial charge in [-0.25, -0.2) is 0 Å². The molecule has 1 spiro atoms. The molecule has 3 aliphatic carbocycles. The maximum atomic E-state index is 2.52. The lowest BCUT2D eigenvalue weighted by molar-refractivity contribution is 0.660. The summed E-state index contributed by atoms with van der Waals surface area (Å²) in [5.41, 5.74) is 19.1. The van der Waals surface area contributed by atoms with Gasteiger partial charge in [-0.2, -0.15) is 0 Å². The number of anilines is 3. The van der Waals surface area contributed by atoms with Crippen molar-refractivity contribution < 1.29 is 0 Å². The minimum absolute atomic E-state index is 0.112. The smallest absolute Gasteiger partial charge is 0.0726 e. The molecule has 0 radical (unpaired) electrons. The minimum atomic E-state index is -0.450. The topological polar surface area (TPSA) is 3.24 Å². The Morgan fingerprint density at radius 2 is 0.818 bits per heavy atom. The highest BCUT2D eigenvalue weighted by Crippen LogP contribution is 2.64. The van der Waals surface area contributed by atoms with Crippen molar-refractivity contribution in [1.29, 1.82) is 0 Å². The average Bonchev–Trinajstić information content (AvgIpc) is 3.79. The third-order valence-corrected chi connectivity index (χ3v) is 13.0. The van der Waals surface area contributed by atoms with Crippen LogP contribution in [0.2, 0.25) is 0 Å². The van der Waals surface area contributed by atoms with Gasteiger partial charge in [0.05, 0.1) is 5.41 Å². The normalized spacial score (nSPS) is 14.7. The van der Waals surface area contributed by atoms with Gasteiger partial charge in [0.1, 0.15) is 0 Å². The van der Waals surface area contributed by atoms with Crippen LogP contribution in [-0.4, -0.2) is 0 Å². The number of hydrogen-bond donors (Lipinski definition) is 0. The summed E-state index contributed by atoms with van der Waals surface area (Å²) in [7, 11) is 0. The molecule has 9 aromatic carbocycles. The Hall–Kier alpha value is -6.70. The number of nitrogens with zero attached hydrogens (tertiary/aromatic N) is 1. The predicted molar refractivity (Wildman–Crippen MR) is 230 cm³/mol. The first-order valence-electron chi connectivity index (χ1n) is 19.4. The van der Waals surface area contributed by atoms with Crippen molar-refractivity contribution >= 4 is 38.6 Å². The first-order valence-corrected chi connectivity index (χ1v) is 19.4. The van der Waals surface area contributed by atoms with Crippen LogP contribution in [0.1, 0.15) is 47.2 Å². The van der Waals surface area contributed by atoms with Gasteiger partial charge in [-0.05, 0) is 125 Å². The molecule has 9 aromatic rings. The molecule has 0 bridgehead atoms. The largest absolute Gasteiger partial charge is 0.310 e. The van der Waals surface area contributed by atoms with Crippen LogP contribution in [0.4, 0.5) is 17.1 Å². The average molecular weight is 700 g/mol. The molecule has 0 N–H and O–H groups in total. The van der Waals surface area contributed by atoms with Crippen molar-refractivity contribution in [1.82, 2.24) is 0 Å². The van der Waals surface area contributed by atoms with Crippen LogP contribution >= 0.6 is 0 Å². The maximum Gasteiger partial charge on any atom is 0.0726 e. The van der Waals surface area contributed by atoms with Gasteiger partial charge in [0, 0.05) is 22.5 Å². The molecular formula is C54H37N. The van der Waals surface area contributed by atoms with E-state index in [0.29, 0.717) is 0 Å². The van der Waals surface area contributed by atoms with E-state index >= 15 is 0 Å². The fourth-order valence-electron chi connectivity index (χ4n) is 10.6. The van der Waals surface area contributed by atoms with Crippen molar-refractivity contribution in [2.24, 2.45) is 0 Å². The van der Waals surface area contributed by atoms with Gasteiger partial charge in [-0.1, -0.05) is 166 Å². The molecule has 0 heterocycles. The van der Waals surface area contributed by atoms with Crippen molar-refractivity contribution in [3.8, 4) is 33.4 Å². The minimum Gasteiger partial charge on any atom is -0.310 e. The van der Waals surface area contributed by atoms with Gasteiger partial charge in [-0.15, -0.1) is 0 Å². The Morgan fingerprint density at radius 3 is 1.55 bits per heavy atom. The zero-order chi connectivity index (χ0) is 36.5. The summed E-state index contributed by atoms with van der Waals surface area (Å²) in [6.45, 7) is 4.75. The molecule has 12 rings (SSSR count). The maximum absolute atomic E-state index is 2.52. The molecule has 0 aromatic heterocycles. The predicted octanol–water partition coefficient (Wildman–Crippen LogP) is 14.1. The SMILES string of the molecule is CC1(C)c2ccccc2-c2ccc(N(c3ccc4c(c3)C3(c5ccccc5-c5ccccc53)c3ccc5ccccc5c3-4)c3ccc4ccccc4c3)cc21. The highest BCUT2D eigenvalue weighted by atomic mass is 15.1. The van der Waals surface area contributed by atoms with E-state index in [9.17, 15) is 0 Å². The van der Waals surface area contributed by atoms with E-state index in [0.717, 1.165) is 17.1 Å². The van der Waals surface area contributed by atoms with Crippen LogP contribution in [-0.2, 0) is 10.8 Å². The molecule has 55 heavy (non-hydrogen) atoms. The molecule has 3 aliphatic rings. The Morgan fingerprint density at radius 1 is 0.327 bits per heavy atom. The lowest BCUT2D eigenvalue weighted by atomic mass is 9.70. The van der Waals surface area contributed by atoms with E-state index in [1.165, 1.54) is 88.3 Å². The zero-order valence-corrected chi connectivity index (χ0v) is 30.8. The second-order valence-electron chi connectivity index (χ2n) is 16.0. The Kier molecular flexibility index (Phi) is 6.11. The Labute approximate surface area is 321 Å². The van der Waals surface area contributed by atoms with Crippen molar-refractivity contribution in [2.45, 2.75) is 24.7 Å². The summed E-state index contributed by atoms with van der Waals surface area (Å²) in [6.07, 6.45) is 0. The highest BCUT2D eigenvalue weighted by Gasteiger charge is 2.52. The molecular weight excluding hydrogens is 663 g/mol. The molecule has 0 saturated heterocycles. The van der Waals surface area contributed by atoms with Crippen LogP contribution in [0, 0.1) is 0 Å². The van der Waals surface area contributed by atoms with Gasteiger partial charge in [0.25, 0.3) is 0 Å². The van der Waals surface area contributed by atoms with E-state index in [1.54, 1.807) is 0 Å². The Bertz CT molecular complexity index is 3040. The molecule has 0 unspecified atom stereocenters. The molecule has 1 nitrogen and oxygen atoms in total. The molecule has 0 aliphatic heterocycles. The second kappa shape index (κ2) is 10.9. The van der Waals surface area contributed by atoms with Gasteiger partial charge in [0.15, 0.2) is 0 Å². The monoisotopic (exact) mass is 699 g/mol. The number of benzene rings is 9. The quantitative estimate of drug-likeness (QED) is 0.177. The van der Waals surface area contributed by atoms with Crippen LogP contribution in [0.3, 0.4) is 0 Å². The number of hydrogen-bond acceptors (Lipinski definition) is 1. The standard InChI is InChI=1S/C54H37N/c1-53(2)46-20-10-7-17-41(46)44-28-26-38(32-50(44)53)55(37-25-23-34-13-3-4-15-36(34)31-37)39-27-29-45-51(33-39)54(49-30-24-35-14-5-6-16-40(35)52(45)49)47-21-11-8-18-42(47)43-19-9-12-22-48(43)54/h3-33H,1-2H3.